The van der Waals surface area contributed by atoms with Gasteiger partial charge < -0.3 is 0 Å². The number of benzene rings is 1. The van der Waals surface area contributed by atoms with E-state index < -0.39 is 17.7 Å². The molecule has 0 aliphatic rings. The molecule has 1 aromatic rings. The van der Waals surface area contributed by atoms with Crippen LogP contribution in [0.3, 0.4) is 0 Å². The molecule has 0 aliphatic heterocycles. The van der Waals surface area contributed by atoms with Crippen molar-refractivity contribution in [2.75, 3.05) is 0 Å². The fraction of sp³-hybridized carbons (Fsp3) is 0.364. The number of carbonyl (C=O) groups is 1. The molecular weight excluding hydrogens is 237 g/mol. The molecule has 1 aromatic carbocycles. The largest absolute Gasteiger partial charge is 0.416 e. The molecule has 0 saturated carbocycles. The highest BCUT2D eigenvalue weighted by Crippen LogP contribution is 2.31. The van der Waals surface area contributed by atoms with Gasteiger partial charge in [0.25, 0.3) is 0 Å². The predicted molar refractivity (Wildman–Crippen MR) is 58.5 cm³/mol. The summed E-state index contributed by atoms with van der Waals surface area (Å²) in [5.41, 5.74) is -0.145. The lowest BCUT2D eigenvalue weighted by atomic mass is 9.97. The van der Waals surface area contributed by atoms with E-state index in [1.165, 1.54) is 12.1 Å². The summed E-state index contributed by atoms with van der Waals surface area (Å²) >= 11 is 3.71. The lowest BCUT2D eigenvalue weighted by Gasteiger charge is -2.12. The Labute approximate surface area is 97.1 Å². The van der Waals surface area contributed by atoms with E-state index in [1.807, 2.05) is 0 Å². The van der Waals surface area contributed by atoms with E-state index in [0.29, 0.717) is 12.0 Å². The molecule has 88 valence electrons. The third-order valence-corrected chi connectivity index (χ3v) is 2.66. The molecule has 0 fully saturated rings. The van der Waals surface area contributed by atoms with Gasteiger partial charge in [0.15, 0.2) is 5.12 Å². The Balaban J connectivity index is 2.98. The molecule has 0 radical (unpaired) electrons. The van der Waals surface area contributed by atoms with Crippen LogP contribution < -0.4 is 0 Å². The van der Waals surface area contributed by atoms with Crippen LogP contribution in [0.5, 0.6) is 0 Å². The van der Waals surface area contributed by atoms with Gasteiger partial charge in [0.1, 0.15) is 0 Å². The molecule has 0 aliphatic carbocycles. The molecule has 1 nitrogen and oxygen atoms in total. The number of thiol groups is 1. The van der Waals surface area contributed by atoms with Gasteiger partial charge in [0, 0.05) is 0 Å². The summed E-state index contributed by atoms with van der Waals surface area (Å²) in [6.07, 6.45) is -3.82. The van der Waals surface area contributed by atoms with Crippen molar-refractivity contribution in [2.45, 2.75) is 25.4 Å². The van der Waals surface area contributed by atoms with Crippen LogP contribution in [0.25, 0.3) is 0 Å². The summed E-state index contributed by atoms with van der Waals surface area (Å²) in [4.78, 5) is 11.1. The van der Waals surface area contributed by atoms with Gasteiger partial charge in [-0.25, -0.2) is 0 Å². The van der Waals surface area contributed by atoms with Crippen molar-refractivity contribution in [1.29, 1.82) is 0 Å². The highest BCUT2D eigenvalue weighted by atomic mass is 32.1. The minimum atomic E-state index is -4.34. The van der Waals surface area contributed by atoms with Crippen molar-refractivity contribution < 1.29 is 18.0 Å². The first-order chi connectivity index (χ1) is 7.36. The maximum absolute atomic E-state index is 12.3. The van der Waals surface area contributed by atoms with Crippen LogP contribution in [0, 0.1) is 0 Å². The van der Waals surface area contributed by atoms with Gasteiger partial charge in [-0.1, -0.05) is 19.1 Å². The van der Waals surface area contributed by atoms with Crippen molar-refractivity contribution in [2.24, 2.45) is 0 Å². The Bertz CT molecular complexity index is 370. The Morgan fingerprint density at radius 3 is 2.12 bits per heavy atom. The van der Waals surface area contributed by atoms with E-state index in [-0.39, 0.29) is 5.12 Å². The SMILES string of the molecule is CCC(C(=O)S)c1ccc(C(F)(F)F)cc1. The van der Waals surface area contributed by atoms with Gasteiger partial charge in [-0.2, -0.15) is 13.2 Å². The van der Waals surface area contributed by atoms with Gasteiger partial charge in [0.05, 0.1) is 11.5 Å². The zero-order valence-corrected chi connectivity index (χ0v) is 9.48. The number of alkyl halides is 3. The summed E-state index contributed by atoms with van der Waals surface area (Å²) < 4.78 is 36.8. The zero-order chi connectivity index (χ0) is 12.3. The van der Waals surface area contributed by atoms with Crippen molar-refractivity contribution in [3.8, 4) is 0 Å². The summed E-state index contributed by atoms with van der Waals surface area (Å²) in [6.45, 7) is 1.79. The number of hydrogen-bond acceptors (Lipinski definition) is 1. The molecule has 0 aromatic heterocycles. The highest BCUT2D eigenvalue weighted by molar-refractivity contribution is 7.96. The van der Waals surface area contributed by atoms with Crippen molar-refractivity contribution in [1.82, 2.24) is 0 Å². The van der Waals surface area contributed by atoms with Crippen LogP contribution in [0.15, 0.2) is 24.3 Å². The Hall–Kier alpha value is -0.970. The van der Waals surface area contributed by atoms with Crippen LogP contribution in [0.1, 0.15) is 30.4 Å². The first-order valence-corrected chi connectivity index (χ1v) is 5.21. The molecule has 0 saturated heterocycles. The van der Waals surface area contributed by atoms with Gasteiger partial charge in [0.2, 0.25) is 0 Å². The number of carbonyl (C=O) groups excluding carboxylic acids is 1. The van der Waals surface area contributed by atoms with E-state index in [4.69, 9.17) is 0 Å². The van der Waals surface area contributed by atoms with Gasteiger partial charge >= 0.3 is 6.18 Å². The lowest BCUT2D eigenvalue weighted by Crippen LogP contribution is -2.08. The van der Waals surface area contributed by atoms with Crippen LogP contribution >= 0.6 is 12.6 Å². The standard InChI is InChI=1S/C11H11F3OS/c1-2-9(10(15)16)7-3-5-8(6-4-7)11(12,13)14/h3-6,9H,2H2,1H3,(H,15,16). The number of hydrogen-bond donors (Lipinski definition) is 1. The van der Waals surface area contributed by atoms with E-state index in [1.54, 1.807) is 6.92 Å². The lowest BCUT2D eigenvalue weighted by molar-refractivity contribution is -0.137. The zero-order valence-electron chi connectivity index (χ0n) is 8.58. The van der Waals surface area contributed by atoms with Crippen molar-refractivity contribution >= 4 is 17.7 Å². The first-order valence-electron chi connectivity index (χ1n) is 4.76. The normalized spacial score (nSPS) is 13.6. The van der Waals surface area contributed by atoms with Gasteiger partial charge in [-0.05, 0) is 24.1 Å². The van der Waals surface area contributed by atoms with Gasteiger partial charge in [-0.15, -0.1) is 12.6 Å². The molecule has 1 atom stereocenters. The van der Waals surface area contributed by atoms with Crippen LogP contribution in [-0.2, 0) is 11.0 Å². The van der Waals surface area contributed by atoms with E-state index in [9.17, 15) is 18.0 Å². The molecule has 0 spiro atoms. The monoisotopic (exact) mass is 248 g/mol. The number of halogens is 3. The summed E-state index contributed by atoms with van der Waals surface area (Å²) in [7, 11) is 0. The third kappa shape index (κ3) is 3.01. The van der Waals surface area contributed by atoms with Crippen molar-refractivity contribution in [3.05, 3.63) is 35.4 Å². The second-order valence-electron chi connectivity index (χ2n) is 3.42. The maximum atomic E-state index is 12.3. The first kappa shape index (κ1) is 13.1. The summed E-state index contributed by atoms with van der Waals surface area (Å²) in [6, 6.07) is 4.61. The quantitative estimate of drug-likeness (QED) is 0.808. The molecule has 5 heteroatoms. The third-order valence-electron chi connectivity index (χ3n) is 2.35. The Kier molecular flexibility index (Phi) is 4.02. The highest BCUT2D eigenvalue weighted by Gasteiger charge is 2.30. The molecule has 0 N–H and O–H groups in total. The fourth-order valence-electron chi connectivity index (χ4n) is 1.46. The molecule has 1 rings (SSSR count). The average Bonchev–Trinajstić information content (AvgIpc) is 2.17. The van der Waals surface area contributed by atoms with Gasteiger partial charge in [-0.3, -0.25) is 4.79 Å². The van der Waals surface area contributed by atoms with Crippen molar-refractivity contribution in [3.63, 3.8) is 0 Å². The topological polar surface area (TPSA) is 17.1 Å². The molecule has 16 heavy (non-hydrogen) atoms. The molecule has 0 amide bonds. The number of rotatable bonds is 3. The summed E-state index contributed by atoms with van der Waals surface area (Å²) in [5.74, 6) is -0.439. The second kappa shape index (κ2) is 4.91. The van der Waals surface area contributed by atoms with Crippen LogP contribution in [0.4, 0.5) is 13.2 Å². The molecule has 0 bridgehead atoms. The summed E-state index contributed by atoms with van der Waals surface area (Å²) in [5, 5.41) is -0.331. The minimum Gasteiger partial charge on any atom is -0.287 e. The van der Waals surface area contributed by atoms with Crippen LogP contribution in [0.2, 0.25) is 0 Å². The Morgan fingerprint density at radius 1 is 1.31 bits per heavy atom. The van der Waals surface area contributed by atoms with Crippen LogP contribution in [-0.4, -0.2) is 5.12 Å². The average molecular weight is 248 g/mol. The minimum absolute atomic E-state index is 0.331. The molecular formula is C11H11F3OS. The molecule has 0 heterocycles. The van der Waals surface area contributed by atoms with E-state index in [2.05, 4.69) is 12.6 Å². The maximum Gasteiger partial charge on any atom is 0.416 e. The fourth-order valence-corrected chi connectivity index (χ4v) is 1.79. The molecule has 1 unspecified atom stereocenters. The smallest absolute Gasteiger partial charge is 0.287 e. The predicted octanol–water partition coefficient (Wildman–Crippen LogP) is 3.66. The Morgan fingerprint density at radius 2 is 1.81 bits per heavy atom. The van der Waals surface area contributed by atoms with E-state index >= 15 is 0 Å². The van der Waals surface area contributed by atoms with E-state index in [0.717, 1.165) is 12.1 Å². The second-order valence-corrected chi connectivity index (χ2v) is 3.86.